The van der Waals surface area contributed by atoms with Gasteiger partial charge in [-0.25, -0.2) is 0 Å². The van der Waals surface area contributed by atoms with Crippen molar-refractivity contribution in [2.45, 2.75) is 12.8 Å². The molecule has 3 nitrogen and oxygen atoms in total. The van der Waals surface area contributed by atoms with E-state index in [-0.39, 0.29) is 0 Å². The summed E-state index contributed by atoms with van der Waals surface area (Å²) in [5, 5.41) is 3.33. The molecule has 0 aromatic rings. The van der Waals surface area contributed by atoms with Crippen LogP contribution >= 0.6 is 0 Å². The normalized spacial score (nSPS) is 23.7. The highest BCUT2D eigenvalue weighted by atomic mass is 16.5. The van der Waals surface area contributed by atoms with Crippen molar-refractivity contribution in [1.29, 1.82) is 0 Å². The Labute approximate surface area is 92.5 Å². The molecule has 0 radical (unpaired) electrons. The van der Waals surface area contributed by atoms with E-state index in [4.69, 9.17) is 4.74 Å². The zero-order valence-electron chi connectivity index (χ0n) is 9.67. The molecule has 3 heteroatoms. The van der Waals surface area contributed by atoms with E-state index in [0.717, 1.165) is 19.1 Å². The molecule has 0 amide bonds. The number of rotatable bonds is 5. The highest BCUT2D eigenvalue weighted by Gasteiger charge is 2.18. The van der Waals surface area contributed by atoms with Crippen LogP contribution in [0.1, 0.15) is 12.8 Å². The van der Waals surface area contributed by atoms with Crippen molar-refractivity contribution in [2.75, 3.05) is 46.4 Å². The lowest BCUT2D eigenvalue weighted by molar-refractivity contribution is 0.204. The maximum Gasteiger partial charge on any atom is 0.0673 e. The second kappa shape index (κ2) is 5.64. The Morgan fingerprint density at radius 3 is 2.93 bits per heavy atom. The standard InChI is InChI=1S/C12H22N2O/c1-15-10-11-2-5-14(6-3-11)7-4-12-8-13-9-12/h2,12-13H,3-10H2,1H3. The maximum absolute atomic E-state index is 5.15. The van der Waals surface area contributed by atoms with E-state index in [1.807, 2.05) is 0 Å². The van der Waals surface area contributed by atoms with Gasteiger partial charge in [-0.15, -0.1) is 0 Å². The third kappa shape index (κ3) is 3.30. The molecule has 0 unspecified atom stereocenters. The molecular formula is C12H22N2O. The van der Waals surface area contributed by atoms with Crippen LogP contribution in [0.15, 0.2) is 11.6 Å². The fraction of sp³-hybridized carbons (Fsp3) is 0.833. The molecule has 1 fully saturated rings. The predicted octanol–water partition coefficient (Wildman–Crippen LogP) is 0.874. The van der Waals surface area contributed by atoms with E-state index in [2.05, 4.69) is 16.3 Å². The van der Waals surface area contributed by atoms with Crippen molar-refractivity contribution >= 4 is 0 Å². The van der Waals surface area contributed by atoms with E-state index < -0.39 is 0 Å². The van der Waals surface area contributed by atoms with Crippen molar-refractivity contribution in [1.82, 2.24) is 10.2 Å². The molecule has 0 bridgehead atoms. The van der Waals surface area contributed by atoms with Crippen LogP contribution in [-0.4, -0.2) is 51.3 Å². The molecule has 0 aromatic heterocycles. The van der Waals surface area contributed by atoms with Crippen LogP contribution in [0, 0.1) is 5.92 Å². The van der Waals surface area contributed by atoms with Gasteiger partial charge in [-0.3, -0.25) is 4.90 Å². The molecule has 0 saturated carbocycles. The molecule has 1 saturated heterocycles. The lowest BCUT2D eigenvalue weighted by Gasteiger charge is -2.31. The molecule has 86 valence electrons. The van der Waals surface area contributed by atoms with Gasteiger partial charge in [-0.1, -0.05) is 6.08 Å². The average molecular weight is 210 g/mol. The molecular weight excluding hydrogens is 188 g/mol. The Morgan fingerprint density at radius 2 is 2.40 bits per heavy atom. The fourth-order valence-corrected chi connectivity index (χ4v) is 2.19. The Kier molecular flexibility index (Phi) is 4.18. The highest BCUT2D eigenvalue weighted by molar-refractivity contribution is 5.07. The van der Waals surface area contributed by atoms with Crippen LogP contribution in [0.2, 0.25) is 0 Å². The van der Waals surface area contributed by atoms with Gasteiger partial charge in [-0.2, -0.15) is 0 Å². The summed E-state index contributed by atoms with van der Waals surface area (Å²) in [6.07, 6.45) is 4.89. The van der Waals surface area contributed by atoms with Gasteiger partial charge >= 0.3 is 0 Å². The van der Waals surface area contributed by atoms with Gasteiger partial charge in [0.15, 0.2) is 0 Å². The van der Waals surface area contributed by atoms with Crippen molar-refractivity contribution in [2.24, 2.45) is 5.92 Å². The first-order valence-corrected chi connectivity index (χ1v) is 5.98. The van der Waals surface area contributed by atoms with Crippen molar-refractivity contribution in [3.8, 4) is 0 Å². The predicted molar refractivity (Wildman–Crippen MR) is 62.0 cm³/mol. The summed E-state index contributed by atoms with van der Waals surface area (Å²) in [5.41, 5.74) is 1.47. The third-order valence-electron chi connectivity index (χ3n) is 3.44. The number of ether oxygens (including phenoxy) is 1. The van der Waals surface area contributed by atoms with Gasteiger partial charge in [0.25, 0.3) is 0 Å². The lowest BCUT2D eigenvalue weighted by atomic mass is 9.98. The van der Waals surface area contributed by atoms with Crippen LogP contribution in [0.4, 0.5) is 0 Å². The summed E-state index contributed by atoms with van der Waals surface area (Å²) in [5.74, 6) is 0.939. The smallest absolute Gasteiger partial charge is 0.0673 e. The minimum atomic E-state index is 0.820. The number of nitrogens with one attached hydrogen (secondary N) is 1. The number of methoxy groups -OCH3 is 1. The van der Waals surface area contributed by atoms with E-state index in [1.54, 1.807) is 7.11 Å². The Balaban J connectivity index is 1.63. The SMILES string of the molecule is COCC1=CCN(CCC2CNC2)CC1. The number of hydrogen-bond acceptors (Lipinski definition) is 3. The largest absolute Gasteiger partial charge is 0.380 e. The van der Waals surface area contributed by atoms with Crippen molar-refractivity contribution < 1.29 is 4.74 Å². The van der Waals surface area contributed by atoms with Crippen LogP contribution in [0.3, 0.4) is 0 Å². The Morgan fingerprint density at radius 1 is 1.53 bits per heavy atom. The molecule has 2 aliphatic rings. The molecule has 0 aromatic carbocycles. The van der Waals surface area contributed by atoms with E-state index in [9.17, 15) is 0 Å². The van der Waals surface area contributed by atoms with Crippen molar-refractivity contribution in [3.05, 3.63) is 11.6 Å². The molecule has 1 N–H and O–H groups in total. The van der Waals surface area contributed by atoms with E-state index in [1.165, 1.54) is 44.6 Å². The second-order valence-electron chi connectivity index (χ2n) is 4.66. The molecule has 2 aliphatic heterocycles. The summed E-state index contributed by atoms with van der Waals surface area (Å²) in [4.78, 5) is 2.55. The van der Waals surface area contributed by atoms with Crippen LogP contribution in [0.5, 0.6) is 0 Å². The minimum Gasteiger partial charge on any atom is -0.380 e. The Hall–Kier alpha value is -0.380. The summed E-state index contributed by atoms with van der Waals surface area (Å²) < 4.78 is 5.15. The molecule has 0 spiro atoms. The molecule has 0 atom stereocenters. The minimum absolute atomic E-state index is 0.820. The summed E-state index contributed by atoms with van der Waals surface area (Å²) >= 11 is 0. The summed E-state index contributed by atoms with van der Waals surface area (Å²) in [6.45, 7) is 6.90. The van der Waals surface area contributed by atoms with Crippen LogP contribution in [0.25, 0.3) is 0 Å². The topological polar surface area (TPSA) is 24.5 Å². The first kappa shape index (κ1) is 11.1. The first-order valence-electron chi connectivity index (χ1n) is 5.98. The van der Waals surface area contributed by atoms with Crippen LogP contribution in [-0.2, 0) is 4.74 Å². The van der Waals surface area contributed by atoms with E-state index in [0.29, 0.717) is 0 Å². The van der Waals surface area contributed by atoms with Gasteiger partial charge in [0.2, 0.25) is 0 Å². The highest BCUT2D eigenvalue weighted by Crippen LogP contribution is 2.14. The van der Waals surface area contributed by atoms with Gasteiger partial charge in [0, 0.05) is 20.2 Å². The second-order valence-corrected chi connectivity index (χ2v) is 4.66. The van der Waals surface area contributed by atoms with Gasteiger partial charge in [-0.05, 0) is 44.0 Å². The monoisotopic (exact) mass is 210 g/mol. The van der Waals surface area contributed by atoms with Gasteiger partial charge < -0.3 is 10.1 Å². The Bertz CT molecular complexity index is 224. The third-order valence-corrected chi connectivity index (χ3v) is 3.44. The zero-order valence-corrected chi connectivity index (χ0v) is 9.67. The first-order chi connectivity index (χ1) is 7.38. The molecule has 15 heavy (non-hydrogen) atoms. The average Bonchev–Trinajstić information content (AvgIpc) is 2.19. The summed E-state index contributed by atoms with van der Waals surface area (Å²) in [7, 11) is 1.77. The molecule has 2 rings (SSSR count). The number of nitrogens with zero attached hydrogens (tertiary/aromatic N) is 1. The lowest BCUT2D eigenvalue weighted by Crippen LogP contribution is -2.44. The van der Waals surface area contributed by atoms with Gasteiger partial charge in [0.1, 0.15) is 0 Å². The van der Waals surface area contributed by atoms with Gasteiger partial charge in [0.05, 0.1) is 6.61 Å². The quantitative estimate of drug-likeness (QED) is 0.682. The summed E-state index contributed by atoms with van der Waals surface area (Å²) in [6, 6.07) is 0. The molecule has 0 aliphatic carbocycles. The zero-order chi connectivity index (χ0) is 10.5. The molecule has 2 heterocycles. The maximum atomic E-state index is 5.15. The van der Waals surface area contributed by atoms with Crippen molar-refractivity contribution in [3.63, 3.8) is 0 Å². The van der Waals surface area contributed by atoms with Crippen LogP contribution < -0.4 is 5.32 Å². The van der Waals surface area contributed by atoms with E-state index >= 15 is 0 Å². The fourth-order valence-electron chi connectivity index (χ4n) is 2.19. The number of hydrogen-bond donors (Lipinski definition) is 1.